The van der Waals surface area contributed by atoms with Gasteiger partial charge in [0.05, 0.1) is 19.3 Å². The van der Waals surface area contributed by atoms with Crippen LogP contribution in [-0.2, 0) is 19.1 Å². The minimum Gasteiger partial charge on any atom is -0.494 e. The molecule has 1 unspecified atom stereocenters. The number of carbonyl (C=O) groups is 3. The highest BCUT2D eigenvalue weighted by Gasteiger charge is 2.26. The van der Waals surface area contributed by atoms with E-state index in [1.807, 2.05) is 0 Å². The Balaban J connectivity index is 1.24. The predicted octanol–water partition coefficient (Wildman–Crippen LogP) is 6.46. The summed E-state index contributed by atoms with van der Waals surface area (Å²) >= 11 is 0. The highest BCUT2D eigenvalue weighted by molar-refractivity contribution is 5.91. The van der Waals surface area contributed by atoms with E-state index in [0.717, 1.165) is 43.4 Å². The van der Waals surface area contributed by atoms with E-state index in [1.54, 1.807) is 54.6 Å². The maximum absolute atomic E-state index is 12.4. The lowest BCUT2D eigenvalue weighted by Gasteiger charge is -2.09. The minimum absolute atomic E-state index is 0.0356. The van der Waals surface area contributed by atoms with Crippen LogP contribution in [0, 0.1) is 0 Å². The molecule has 7 heteroatoms. The van der Waals surface area contributed by atoms with Gasteiger partial charge in [0, 0.05) is 18.1 Å². The fourth-order valence-corrected chi connectivity index (χ4v) is 4.08. The van der Waals surface area contributed by atoms with Crippen molar-refractivity contribution in [1.82, 2.24) is 0 Å². The number of rotatable bonds is 15. The molecule has 0 amide bonds. The summed E-state index contributed by atoms with van der Waals surface area (Å²) in [5.41, 5.74) is 1.82. The number of unbranched alkanes of at least 4 members (excludes halogenated alkanes) is 6. The SMILES string of the molecule is C=C1CC(CCCCCCCCCOc2ccc(C(=O)Oc3ccc(/C=C/C(=O)OC)cc3)cc2)OC1=O. The first kappa shape index (κ1) is 28.7. The average molecular weight is 521 g/mol. The lowest BCUT2D eigenvalue weighted by molar-refractivity contribution is -0.139. The molecule has 0 saturated carbocycles. The van der Waals surface area contributed by atoms with E-state index in [0.29, 0.717) is 29.9 Å². The molecule has 7 nitrogen and oxygen atoms in total. The summed E-state index contributed by atoms with van der Waals surface area (Å²) in [4.78, 5) is 34.9. The third-order valence-corrected chi connectivity index (χ3v) is 6.27. The Morgan fingerprint density at radius 3 is 2.18 bits per heavy atom. The van der Waals surface area contributed by atoms with Gasteiger partial charge in [-0.15, -0.1) is 0 Å². The molecule has 0 aliphatic carbocycles. The van der Waals surface area contributed by atoms with Crippen molar-refractivity contribution in [1.29, 1.82) is 0 Å². The van der Waals surface area contributed by atoms with Gasteiger partial charge in [0.2, 0.25) is 0 Å². The Hall–Kier alpha value is -3.87. The molecule has 1 saturated heterocycles. The van der Waals surface area contributed by atoms with E-state index < -0.39 is 11.9 Å². The molecule has 38 heavy (non-hydrogen) atoms. The molecule has 2 aromatic rings. The van der Waals surface area contributed by atoms with Crippen molar-refractivity contribution in [2.75, 3.05) is 13.7 Å². The van der Waals surface area contributed by atoms with Gasteiger partial charge in [0.15, 0.2) is 0 Å². The van der Waals surface area contributed by atoms with Gasteiger partial charge in [0.1, 0.15) is 17.6 Å². The quantitative estimate of drug-likeness (QED) is 0.115. The van der Waals surface area contributed by atoms with Crippen LogP contribution < -0.4 is 9.47 Å². The standard InChI is InChI=1S/C31H36O7/c1-23-22-28(38-30(23)33)10-8-6-4-3-5-7-9-21-36-26-18-14-25(15-19-26)31(34)37-27-16-11-24(12-17-27)13-20-29(32)35-2/h11-20,28H,1,3-10,21-22H2,2H3/b20-13+. The van der Waals surface area contributed by atoms with Crippen LogP contribution in [0.4, 0.5) is 0 Å². The summed E-state index contributed by atoms with van der Waals surface area (Å²) in [6.45, 7) is 4.36. The van der Waals surface area contributed by atoms with Gasteiger partial charge in [-0.1, -0.05) is 50.8 Å². The fraction of sp³-hybridized carbons (Fsp3) is 0.387. The van der Waals surface area contributed by atoms with Crippen LogP contribution in [0.1, 0.15) is 73.7 Å². The molecule has 0 aromatic heterocycles. The maximum atomic E-state index is 12.4. The Kier molecular flexibility index (Phi) is 11.6. The molecule has 1 aliphatic heterocycles. The Labute approximate surface area is 224 Å². The van der Waals surface area contributed by atoms with Crippen LogP contribution in [0.5, 0.6) is 11.5 Å². The Morgan fingerprint density at radius 2 is 1.55 bits per heavy atom. The summed E-state index contributed by atoms with van der Waals surface area (Å²) in [6, 6.07) is 13.7. The first-order valence-corrected chi connectivity index (χ1v) is 13.1. The van der Waals surface area contributed by atoms with E-state index in [1.165, 1.54) is 32.4 Å². The third kappa shape index (κ3) is 9.88. The van der Waals surface area contributed by atoms with Crippen molar-refractivity contribution in [3.8, 4) is 11.5 Å². The Morgan fingerprint density at radius 1 is 0.921 bits per heavy atom. The first-order chi connectivity index (χ1) is 18.4. The van der Waals surface area contributed by atoms with Crippen molar-refractivity contribution < 1.29 is 33.3 Å². The predicted molar refractivity (Wildman–Crippen MR) is 145 cm³/mol. The van der Waals surface area contributed by atoms with Crippen molar-refractivity contribution in [3.63, 3.8) is 0 Å². The number of esters is 3. The molecule has 1 aliphatic rings. The van der Waals surface area contributed by atoms with E-state index in [9.17, 15) is 14.4 Å². The largest absolute Gasteiger partial charge is 0.494 e. The van der Waals surface area contributed by atoms with Crippen molar-refractivity contribution in [2.45, 2.75) is 63.9 Å². The van der Waals surface area contributed by atoms with Gasteiger partial charge < -0.3 is 18.9 Å². The number of carbonyl (C=O) groups excluding carboxylic acids is 3. The minimum atomic E-state index is -0.455. The fourth-order valence-electron chi connectivity index (χ4n) is 4.08. The van der Waals surface area contributed by atoms with Gasteiger partial charge >= 0.3 is 17.9 Å². The van der Waals surface area contributed by atoms with Crippen molar-refractivity contribution in [3.05, 3.63) is 77.9 Å². The van der Waals surface area contributed by atoms with Gasteiger partial charge in [-0.3, -0.25) is 0 Å². The summed E-state index contributed by atoms with van der Waals surface area (Å²) in [5, 5.41) is 0. The molecule has 1 fully saturated rings. The van der Waals surface area contributed by atoms with Crippen LogP contribution >= 0.6 is 0 Å². The summed E-state index contributed by atoms with van der Waals surface area (Å²) in [6.07, 6.45) is 12.5. The zero-order chi connectivity index (χ0) is 27.2. The summed E-state index contributed by atoms with van der Waals surface area (Å²) < 4.78 is 21.0. The second-order valence-corrected chi connectivity index (χ2v) is 9.29. The Bertz CT molecular complexity index is 1080. The highest BCUT2D eigenvalue weighted by Crippen LogP contribution is 2.23. The lowest BCUT2D eigenvalue weighted by atomic mass is 10.0. The van der Waals surface area contributed by atoms with E-state index in [2.05, 4.69) is 11.3 Å². The van der Waals surface area contributed by atoms with Crippen molar-refractivity contribution >= 4 is 24.0 Å². The maximum Gasteiger partial charge on any atom is 0.343 e. The van der Waals surface area contributed by atoms with E-state index in [-0.39, 0.29) is 12.1 Å². The van der Waals surface area contributed by atoms with Crippen LogP contribution in [0.3, 0.4) is 0 Å². The van der Waals surface area contributed by atoms with Crippen LogP contribution in [0.25, 0.3) is 6.08 Å². The number of ether oxygens (including phenoxy) is 4. The smallest absolute Gasteiger partial charge is 0.343 e. The monoisotopic (exact) mass is 520 g/mol. The summed E-state index contributed by atoms with van der Waals surface area (Å²) in [5.74, 6) is 0.00946. The molecular weight excluding hydrogens is 484 g/mol. The highest BCUT2D eigenvalue weighted by atomic mass is 16.6. The normalized spacial score (nSPS) is 14.9. The van der Waals surface area contributed by atoms with Crippen LogP contribution in [0.2, 0.25) is 0 Å². The molecule has 202 valence electrons. The number of benzene rings is 2. The van der Waals surface area contributed by atoms with E-state index >= 15 is 0 Å². The topological polar surface area (TPSA) is 88.1 Å². The number of hydrogen-bond acceptors (Lipinski definition) is 7. The van der Waals surface area contributed by atoms with Gasteiger partial charge in [-0.05, 0) is 67.3 Å². The molecule has 0 bridgehead atoms. The molecule has 3 rings (SSSR count). The number of hydrogen-bond donors (Lipinski definition) is 0. The van der Waals surface area contributed by atoms with Crippen LogP contribution in [0.15, 0.2) is 66.8 Å². The van der Waals surface area contributed by atoms with Gasteiger partial charge in [0.25, 0.3) is 0 Å². The molecule has 1 atom stereocenters. The average Bonchev–Trinajstić information content (AvgIpc) is 3.25. The zero-order valence-corrected chi connectivity index (χ0v) is 22.0. The lowest BCUT2D eigenvalue weighted by Crippen LogP contribution is -2.08. The molecule has 0 spiro atoms. The second-order valence-electron chi connectivity index (χ2n) is 9.29. The zero-order valence-electron chi connectivity index (χ0n) is 22.0. The molecule has 2 aromatic carbocycles. The third-order valence-electron chi connectivity index (χ3n) is 6.27. The molecular formula is C31H36O7. The van der Waals surface area contributed by atoms with Gasteiger partial charge in [-0.25, -0.2) is 14.4 Å². The molecule has 0 N–H and O–H groups in total. The first-order valence-electron chi connectivity index (χ1n) is 13.1. The number of methoxy groups -OCH3 is 1. The van der Waals surface area contributed by atoms with Crippen LogP contribution in [-0.4, -0.2) is 37.7 Å². The molecule has 0 radical (unpaired) electrons. The van der Waals surface area contributed by atoms with Gasteiger partial charge in [-0.2, -0.15) is 0 Å². The van der Waals surface area contributed by atoms with E-state index in [4.69, 9.17) is 14.2 Å². The second kappa shape index (κ2) is 15.4. The number of cyclic esters (lactones) is 1. The molecule has 1 heterocycles. The van der Waals surface area contributed by atoms with Crippen molar-refractivity contribution in [2.24, 2.45) is 0 Å². The summed E-state index contributed by atoms with van der Waals surface area (Å²) in [7, 11) is 1.32.